The Morgan fingerprint density at radius 1 is 1.40 bits per heavy atom. The molecule has 78 valence electrons. The summed E-state index contributed by atoms with van der Waals surface area (Å²) in [6, 6.07) is 9.36. The maximum absolute atomic E-state index is 5.34. The van der Waals surface area contributed by atoms with E-state index in [9.17, 15) is 0 Å². The van der Waals surface area contributed by atoms with E-state index in [4.69, 9.17) is 6.42 Å². The third kappa shape index (κ3) is 2.22. The highest BCUT2D eigenvalue weighted by molar-refractivity contribution is 5.30. The van der Waals surface area contributed by atoms with Crippen molar-refractivity contribution in [3.8, 4) is 12.3 Å². The van der Waals surface area contributed by atoms with Crippen molar-refractivity contribution in [2.24, 2.45) is 0 Å². The predicted molar refractivity (Wildman–Crippen MR) is 63.7 cm³/mol. The minimum atomic E-state index is 0.621. The van der Waals surface area contributed by atoms with Crippen molar-refractivity contribution in [3.63, 3.8) is 0 Å². The van der Waals surface area contributed by atoms with Crippen LogP contribution in [0.15, 0.2) is 24.3 Å². The number of aryl methyl sites for hydroxylation is 1. The molecule has 0 saturated carbocycles. The fourth-order valence-electron chi connectivity index (χ4n) is 2.33. The molecule has 0 aliphatic heterocycles. The molecule has 0 fully saturated rings. The van der Waals surface area contributed by atoms with Crippen molar-refractivity contribution < 1.29 is 0 Å². The van der Waals surface area contributed by atoms with Crippen LogP contribution in [0.4, 0.5) is 0 Å². The standard InChI is InChI=1S/C14H17N/c1-3-10-15(2)14-9-8-12-6-4-5-7-13(12)11-14/h1,4-7,14H,8-11H2,2H3/t14-/m0/s1. The number of rotatable bonds is 2. The summed E-state index contributed by atoms with van der Waals surface area (Å²) < 4.78 is 0. The van der Waals surface area contributed by atoms with Crippen LogP contribution < -0.4 is 0 Å². The SMILES string of the molecule is C#CCN(C)[C@H]1CCc2ccccc2C1. The zero-order valence-corrected chi connectivity index (χ0v) is 9.24. The molecular formula is C14H17N. The molecule has 0 heterocycles. The number of nitrogens with zero attached hydrogens (tertiary/aromatic N) is 1. The van der Waals surface area contributed by atoms with Gasteiger partial charge in [-0.3, -0.25) is 4.90 Å². The number of likely N-dealkylation sites (N-methyl/N-ethyl adjacent to an activating group) is 1. The maximum atomic E-state index is 5.34. The van der Waals surface area contributed by atoms with E-state index < -0.39 is 0 Å². The Labute approximate surface area is 92.1 Å². The summed E-state index contributed by atoms with van der Waals surface area (Å²) in [5.41, 5.74) is 3.01. The summed E-state index contributed by atoms with van der Waals surface area (Å²) in [5.74, 6) is 2.71. The Hall–Kier alpha value is -1.26. The molecule has 1 aromatic carbocycles. The molecule has 0 radical (unpaired) electrons. The number of terminal acetylenes is 1. The molecule has 0 N–H and O–H groups in total. The molecule has 1 nitrogen and oxygen atoms in total. The van der Waals surface area contributed by atoms with Crippen molar-refractivity contribution in [2.75, 3.05) is 13.6 Å². The van der Waals surface area contributed by atoms with Gasteiger partial charge in [0.1, 0.15) is 0 Å². The maximum Gasteiger partial charge on any atom is 0.0598 e. The minimum Gasteiger partial charge on any atom is -0.292 e. The van der Waals surface area contributed by atoms with Crippen LogP contribution >= 0.6 is 0 Å². The average Bonchev–Trinajstić information content (AvgIpc) is 2.29. The molecule has 1 heteroatoms. The molecule has 1 aromatic rings. The van der Waals surface area contributed by atoms with Crippen LogP contribution in [0.25, 0.3) is 0 Å². The van der Waals surface area contributed by atoms with E-state index in [1.54, 1.807) is 0 Å². The monoisotopic (exact) mass is 199 g/mol. The van der Waals surface area contributed by atoms with Gasteiger partial charge in [-0.1, -0.05) is 30.2 Å². The smallest absolute Gasteiger partial charge is 0.0598 e. The topological polar surface area (TPSA) is 3.24 Å². The van der Waals surface area contributed by atoms with Crippen molar-refractivity contribution >= 4 is 0 Å². The second-order valence-corrected chi connectivity index (χ2v) is 4.28. The number of benzene rings is 1. The summed E-state index contributed by atoms with van der Waals surface area (Å²) in [5, 5.41) is 0. The fraction of sp³-hybridized carbons (Fsp3) is 0.429. The first-order valence-electron chi connectivity index (χ1n) is 5.51. The van der Waals surface area contributed by atoms with Gasteiger partial charge in [-0.2, -0.15) is 0 Å². The summed E-state index contributed by atoms with van der Waals surface area (Å²) >= 11 is 0. The number of fused-ring (bicyclic) bond motifs is 1. The number of hydrogen-bond acceptors (Lipinski definition) is 1. The van der Waals surface area contributed by atoms with E-state index >= 15 is 0 Å². The Morgan fingerprint density at radius 2 is 2.13 bits per heavy atom. The predicted octanol–water partition coefficient (Wildman–Crippen LogP) is 2.11. The molecule has 15 heavy (non-hydrogen) atoms. The molecule has 0 aromatic heterocycles. The van der Waals surface area contributed by atoms with Crippen molar-refractivity contribution in [1.29, 1.82) is 0 Å². The lowest BCUT2D eigenvalue weighted by molar-refractivity contribution is 0.247. The molecule has 0 saturated heterocycles. The molecule has 0 unspecified atom stereocenters. The van der Waals surface area contributed by atoms with Crippen LogP contribution in [0.5, 0.6) is 0 Å². The Morgan fingerprint density at radius 3 is 2.87 bits per heavy atom. The van der Waals surface area contributed by atoms with Crippen LogP contribution in [0.3, 0.4) is 0 Å². The summed E-state index contributed by atoms with van der Waals surface area (Å²) in [4.78, 5) is 2.29. The van der Waals surface area contributed by atoms with E-state index in [1.165, 1.54) is 24.0 Å². The second-order valence-electron chi connectivity index (χ2n) is 4.28. The first-order valence-corrected chi connectivity index (χ1v) is 5.51. The van der Waals surface area contributed by atoms with Gasteiger partial charge in [0.15, 0.2) is 0 Å². The van der Waals surface area contributed by atoms with E-state index in [1.807, 2.05) is 0 Å². The van der Waals surface area contributed by atoms with Crippen LogP contribution in [-0.4, -0.2) is 24.5 Å². The molecule has 1 aliphatic rings. The van der Waals surface area contributed by atoms with E-state index in [0.29, 0.717) is 6.04 Å². The quantitative estimate of drug-likeness (QED) is 0.659. The Balaban J connectivity index is 2.09. The van der Waals surface area contributed by atoms with Gasteiger partial charge in [-0.05, 0) is 37.4 Å². The summed E-state index contributed by atoms with van der Waals surface area (Å²) in [7, 11) is 2.12. The Bertz CT molecular complexity index is 375. The molecule has 0 bridgehead atoms. The van der Waals surface area contributed by atoms with Gasteiger partial charge < -0.3 is 0 Å². The molecular weight excluding hydrogens is 182 g/mol. The highest BCUT2D eigenvalue weighted by Gasteiger charge is 2.20. The lowest BCUT2D eigenvalue weighted by Crippen LogP contribution is -2.36. The molecule has 0 spiro atoms. The van der Waals surface area contributed by atoms with Gasteiger partial charge >= 0.3 is 0 Å². The highest BCUT2D eigenvalue weighted by Crippen LogP contribution is 2.23. The zero-order chi connectivity index (χ0) is 10.7. The van der Waals surface area contributed by atoms with Gasteiger partial charge in [0, 0.05) is 6.04 Å². The highest BCUT2D eigenvalue weighted by atomic mass is 15.1. The molecule has 2 rings (SSSR count). The van der Waals surface area contributed by atoms with E-state index in [0.717, 1.165) is 13.0 Å². The molecule has 1 atom stereocenters. The van der Waals surface area contributed by atoms with Crippen molar-refractivity contribution in [2.45, 2.75) is 25.3 Å². The first-order chi connectivity index (χ1) is 7.31. The second kappa shape index (κ2) is 4.51. The summed E-state index contributed by atoms with van der Waals surface area (Å²) in [6.07, 6.45) is 8.91. The van der Waals surface area contributed by atoms with Crippen molar-refractivity contribution in [1.82, 2.24) is 4.90 Å². The normalized spacial score (nSPS) is 19.7. The summed E-state index contributed by atoms with van der Waals surface area (Å²) in [6.45, 7) is 0.757. The molecule has 1 aliphatic carbocycles. The fourth-order valence-corrected chi connectivity index (χ4v) is 2.33. The van der Waals surface area contributed by atoms with Gasteiger partial charge in [0.2, 0.25) is 0 Å². The number of hydrogen-bond donors (Lipinski definition) is 0. The minimum absolute atomic E-state index is 0.621. The van der Waals surface area contributed by atoms with Crippen LogP contribution in [0.1, 0.15) is 17.5 Å². The van der Waals surface area contributed by atoms with Gasteiger partial charge in [-0.25, -0.2) is 0 Å². The lowest BCUT2D eigenvalue weighted by atomic mass is 9.88. The van der Waals surface area contributed by atoms with Crippen LogP contribution in [0.2, 0.25) is 0 Å². The van der Waals surface area contributed by atoms with Gasteiger partial charge in [0.25, 0.3) is 0 Å². The van der Waals surface area contributed by atoms with Gasteiger partial charge in [0.05, 0.1) is 6.54 Å². The van der Waals surface area contributed by atoms with Crippen molar-refractivity contribution in [3.05, 3.63) is 35.4 Å². The van der Waals surface area contributed by atoms with Crippen LogP contribution in [0, 0.1) is 12.3 Å². The van der Waals surface area contributed by atoms with E-state index in [-0.39, 0.29) is 0 Å². The average molecular weight is 199 g/mol. The first kappa shape index (κ1) is 10.3. The molecule has 0 amide bonds. The third-order valence-electron chi connectivity index (χ3n) is 3.28. The van der Waals surface area contributed by atoms with E-state index in [2.05, 4.69) is 42.1 Å². The van der Waals surface area contributed by atoms with Crippen LogP contribution in [-0.2, 0) is 12.8 Å². The third-order valence-corrected chi connectivity index (χ3v) is 3.28. The Kier molecular flexibility index (Phi) is 3.08. The van der Waals surface area contributed by atoms with Gasteiger partial charge in [-0.15, -0.1) is 6.42 Å². The largest absolute Gasteiger partial charge is 0.292 e. The zero-order valence-electron chi connectivity index (χ0n) is 9.24. The lowest BCUT2D eigenvalue weighted by Gasteiger charge is -2.31.